The average Bonchev–Trinajstić information content (AvgIpc) is 3.45. The van der Waals surface area contributed by atoms with Crippen LogP contribution in [0.4, 0.5) is 16.2 Å². The molecule has 1 unspecified atom stereocenters. The molecule has 1 aromatic heterocycles. The van der Waals surface area contributed by atoms with Crippen molar-refractivity contribution in [3.63, 3.8) is 0 Å². The number of urea groups is 1. The fourth-order valence-corrected chi connectivity index (χ4v) is 5.22. The van der Waals surface area contributed by atoms with Crippen LogP contribution >= 0.6 is 23.2 Å². The number of hydrogen-bond acceptors (Lipinski definition) is 5. The second-order valence-corrected chi connectivity index (χ2v) is 11.3. The van der Waals surface area contributed by atoms with E-state index in [-0.39, 0.29) is 41.0 Å². The van der Waals surface area contributed by atoms with E-state index in [0.717, 1.165) is 11.1 Å². The van der Waals surface area contributed by atoms with E-state index in [1.165, 1.54) is 19.2 Å². The number of aromatic nitrogens is 1. The molecule has 13 heteroatoms. The van der Waals surface area contributed by atoms with Gasteiger partial charge in [0.25, 0.3) is 5.91 Å². The standard InChI is InChI=1S/C33H33Cl2N5O6/c1-20-7-4-5-10-25(20)37-33(45)38-26-12-11-21(15-28(26)46-3)16-29(41)39(2)17-22-13-14-40(18-22)19-27(32(43)44)36-31(42)30-23(34)8-6-9-24(30)35/h4-15,18,27H,16-17,19H2,1-3H3,(H,36,42)(H,43,44)(H2,37,38,45). The quantitative estimate of drug-likeness (QED) is 0.150. The summed E-state index contributed by atoms with van der Waals surface area (Å²) in [5.41, 5.74) is 3.51. The number of halogens is 2. The van der Waals surface area contributed by atoms with Crippen LogP contribution in [0.25, 0.3) is 0 Å². The number of amides is 4. The number of hydrogen-bond donors (Lipinski definition) is 4. The largest absolute Gasteiger partial charge is 0.495 e. The number of aryl methyl sites for hydroxylation is 1. The predicted octanol–water partition coefficient (Wildman–Crippen LogP) is 5.84. The lowest BCUT2D eigenvalue weighted by Gasteiger charge is -2.18. The van der Waals surface area contributed by atoms with Gasteiger partial charge in [-0.2, -0.15) is 0 Å². The molecule has 0 saturated carbocycles. The van der Waals surface area contributed by atoms with Gasteiger partial charge in [0.1, 0.15) is 11.8 Å². The summed E-state index contributed by atoms with van der Waals surface area (Å²) in [6.45, 7) is 2.09. The van der Waals surface area contributed by atoms with Crippen molar-refractivity contribution in [2.45, 2.75) is 32.5 Å². The highest BCUT2D eigenvalue weighted by Crippen LogP contribution is 2.27. The molecule has 240 valence electrons. The van der Waals surface area contributed by atoms with Gasteiger partial charge >= 0.3 is 12.0 Å². The van der Waals surface area contributed by atoms with Crippen molar-refractivity contribution < 1.29 is 29.0 Å². The number of nitrogens with zero attached hydrogens (tertiary/aromatic N) is 2. The maximum Gasteiger partial charge on any atom is 0.328 e. The highest BCUT2D eigenvalue weighted by Gasteiger charge is 2.24. The van der Waals surface area contributed by atoms with E-state index in [4.69, 9.17) is 27.9 Å². The van der Waals surface area contributed by atoms with Crippen LogP contribution in [0.1, 0.15) is 27.0 Å². The van der Waals surface area contributed by atoms with Crippen molar-refractivity contribution in [3.8, 4) is 5.75 Å². The lowest BCUT2D eigenvalue weighted by Crippen LogP contribution is -2.43. The Morgan fingerprint density at radius 2 is 1.63 bits per heavy atom. The number of nitrogens with one attached hydrogen (secondary N) is 3. The first-order chi connectivity index (χ1) is 21.9. The van der Waals surface area contributed by atoms with Gasteiger partial charge in [-0.1, -0.05) is 53.5 Å². The molecule has 46 heavy (non-hydrogen) atoms. The summed E-state index contributed by atoms with van der Waals surface area (Å²) in [5.74, 6) is -1.70. The number of likely N-dealkylation sites (N-methyl/N-ethyl adjacent to an activating group) is 1. The zero-order chi connectivity index (χ0) is 33.4. The first-order valence-corrected chi connectivity index (χ1v) is 14.9. The van der Waals surface area contributed by atoms with Crippen LogP contribution in [0.5, 0.6) is 5.75 Å². The average molecular weight is 667 g/mol. The lowest BCUT2D eigenvalue weighted by atomic mass is 10.1. The highest BCUT2D eigenvalue weighted by atomic mass is 35.5. The van der Waals surface area contributed by atoms with Gasteiger partial charge in [-0.3, -0.25) is 9.59 Å². The molecule has 0 saturated heterocycles. The Bertz CT molecular complexity index is 1740. The third-order valence-corrected chi connectivity index (χ3v) is 7.74. The summed E-state index contributed by atoms with van der Waals surface area (Å²) in [6.07, 6.45) is 3.46. The summed E-state index contributed by atoms with van der Waals surface area (Å²) >= 11 is 12.2. The van der Waals surface area contributed by atoms with Crippen molar-refractivity contribution >= 4 is 58.4 Å². The maximum absolute atomic E-state index is 13.1. The Hall–Kier alpha value is -5.00. The second-order valence-electron chi connectivity index (χ2n) is 10.5. The van der Waals surface area contributed by atoms with Gasteiger partial charge in [0, 0.05) is 31.7 Å². The van der Waals surface area contributed by atoms with E-state index < -0.39 is 23.9 Å². The van der Waals surface area contributed by atoms with Crippen LogP contribution in [0.2, 0.25) is 10.0 Å². The Balaban J connectivity index is 1.33. The van der Waals surface area contributed by atoms with E-state index >= 15 is 0 Å². The van der Waals surface area contributed by atoms with Gasteiger partial charge in [-0.15, -0.1) is 0 Å². The monoisotopic (exact) mass is 665 g/mol. The van der Waals surface area contributed by atoms with Gasteiger partial charge in [-0.05, 0) is 60.0 Å². The molecule has 4 rings (SSSR count). The van der Waals surface area contributed by atoms with E-state index in [1.807, 2.05) is 25.1 Å². The number of aliphatic carboxylic acids is 1. The number of anilines is 2. The number of carbonyl (C=O) groups is 4. The third kappa shape index (κ3) is 8.80. The van der Waals surface area contributed by atoms with Gasteiger partial charge in [0.15, 0.2) is 0 Å². The molecule has 3 aromatic carbocycles. The lowest BCUT2D eigenvalue weighted by molar-refractivity contribution is -0.139. The van der Waals surface area contributed by atoms with Crippen LogP contribution in [-0.2, 0) is 29.1 Å². The number of ether oxygens (including phenoxy) is 1. The van der Waals surface area contributed by atoms with Crippen molar-refractivity contribution in [3.05, 3.63) is 111 Å². The summed E-state index contributed by atoms with van der Waals surface area (Å²) in [4.78, 5) is 51.8. The Morgan fingerprint density at radius 1 is 0.935 bits per heavy atom. The van der Waals surface area contributed by atoms with Crippen molar-refractivity contribution in [2.24, 2.45) is 0 Å². The minimum Gasteiger partial charge on any atom is -0.495 e. The molecule has 1 atom stereocenters. The van der Waals surface area contributed by atoms with Gasteiger partial charge < -0.3 is 35.3 Å². The molecule has 11 nitrogen and oxygen atoms in total. The minimum absolute atomic E-state index is 0.00225. The molecular formula is C33H33Cl2N5O6. The van der Waals surface area contributed by atoms with E-state index in [9.17, 15) is 24.3 Å². The van der Waals surface area contributed by atoms with Gasteiger partial charge in [0.05, 0.1) is 41.4 Å². The zero-order valence-electron chi connectivity index (χ0n) is 25.3. The number of carboxylic acid groups (broad SMARTS) is 1. The SMILES string of the molecule is COc1cc(CC(=O)N(C)Cc2ccn(CC(NC(=O)c3c(Cl)cccc3Cl)C(=O)O)c2)ccc1NC(=O)Nc1ccccc1C. The number of methoxy groups -OCH3 is 1. The Morgan fingerprint density at radius 3 is 2.30 bits per heavy atom. The molecule has 0 aliphatic carbocycles. The molecule has 0 aliphatic heterocycles. The molecule has 0 radical (unpaired) electrons. The van der Waals surface area contributed by atoms with Crippen molar-refractivity contribution in [1.29, 1.82) is 0 Å². The topological polar surface area (TPSA) is 142 Å². The van der Waals surface area contributed by atoms with Crippen LogP contribution < -0.4 is 20.7 Å². The van der Waals surface area contributed by atoms with Crippen LogP contribution in [0, 0.1) is 6.92 Å². The van der Waals surface area contributed by atoms with Gasteiger partial charge in [-0.25, -0.2) is 9.59 Å². The van der Waals surface area contributed by atoms with E-state index in [0.29, 0.717) is 22.7 Å². The van der Waals surface area contributed by atoms with Gasteiger partial charge in [0.2, 0.25) is 5.91 Å². The molecule has 0 aliphatic rings. The molecule has 0 bridgehead atoms. The summed E-state index contributed by atoms with van der Waals surface area (Å²) in [6, 6.07) is 17.2. The fraction of sp³-hybridized carbons (Fsp3) is 0.212. The third-order valence-electron chi connectivity index (χ3n) is 7.11. The molecule has 4 N–H and O–H groups in total. The Labute approximate surface area is 276 Å². The smallest absolute Gasteiger partial charge is 0.328 e. The van der Waals surface area contributed by atoms with Crippen LogP contribution in [0.15, 0.2) is 79.1 Å². The fourth-order valence-electron chi connectivity index (χ4n) is 4.65. The summed E-state index contributed by atoms with van der Waals surface area (Å²) in [5, 5.41) is 18.0. The molecule has 1 heterocycles. The maximum atomic E-state index is 13.1. The predicted molar refractivity (Wildman–Crippen MR) is 177 cm³/mol. The zero-order valence-corrected chi connectivity index (χ0v) is 26.9. The normalized spacial score (nSPS) is 11.3. The number of rotatable bonds is 12. The van der Waals surface area contributed by atoms with E-state index in [2.05, 4.69) is 16.0 Å². The number of benzene rings is 3. The number of carbonyl (C=O) groups excluding carboxylic acids is 3. The first-order valence-electron chi connectivity index (χ1n) is 14.1. The Kier molecular flexibility index (Phi) is 11.3. The van der Waals surface area contributed by atoms with Crippen molar-refractivity contribution in [1.82, 2.24) is 14.8 Å². The van der Waals surface area contributed by atoms with Crippen LogP contribution in [-0.4, -0.2) is 58.6 Å². The molecular weight excluding hydrogens is 633 g/mol. The molecule has 4 amide bonds. The second kappa shape index (κ2) is 15.3. The van der Waals surface area contributed by atoms with E-state index in [1.54, 1.807) is 65.3 Å². The number of carboxylic acids is 1. The molecule has 0 spiro atoms. The first kappa shape index (κ1) is 33.9. The molecule has 0 fully saturated rings. The minimum atomic E-state index is -1.26. The highest BCUT2D eigenvalue weighted by molar-refractivity contribution is 6.39. The van der Waals surface area contributed by atoms with Crippen molar-refractivity contribution in [2.75, 3.05) is 24.8 Å². The van der Waals surface area contributed by atoms with Crippen LogP contribution in [0.3, 0.4) is 0 Å². The molecule has 4 aromatic rings. The number of para-hydroxylation sites is 1. The summed E-state index contributed by atoms with van der Waals surface area (Å²) in [7, 11) is 3.14. The summed E-state index contributed by atoms with van der Waals surface area (Å²) < 4.78 is 7.08.